The van der Waals surface area contributed by atoms with E-state index in [2.05, 4.69) is 10.1 Å². The molecule has 1 aliphatic heterocycles. The van der Waals surface area contributed by atoms with E-state index in [4.69, 9.17) is 27.9 Å². The van der Waals surface area contributed by atoms with Crippen molar-refractivity contribution in [1.29, 1.82) is 0 Å². The van der Waals surface area contributed by atoms with Crippen molar-refractivity contribution in [2.75, 3.05) is 0 Å². The van der Waals surface area contributed by atoms with Crippen molar-refractivity contribution in [3.63, 3.8) is 0 Å². The minimum Gasteiger partial charge on any atom is -0.352 e. The summed E-state index contributed by atoms with van der Waals surface area (Å²) in [6.07, 6.45) is 2.57. The molecule has 3 aromatic rings. The Balaban J connectivity index is 1.80. The summed E-state index contributed by atoms with van der Waals surface area (Å²) in [7, 11) is 0. The molecule has 122 valence electrons. The monoisotopic (exact) mass is 363 g/mol. The van der Waals surface area contributed by atoms with E-state index in [1.807, 2.05) is 18.2 Å². The van der Waals surface area contributed by atoms with Crippen molar-refractivity contribution in [2.24, 2.45) is 0 Å². The highest BCUT2D eigenvalue weighted by Crippen LogP contribution is 2.64. The van der Waals surface area contributed by atoms with Gasteiger partial charge in [-0.05, 0) is 23.8 Å². The van der Waals surface area contributed by atoms with Gasteiger partial charge in [-0.3, -0.25) is 0 Å². The number of ether oxygens (including phenoxy) is 1. The third-order valence-corrected chi connectivity index (χ3v) is 5.02. The maximum atomic E-state index is 13.3. The SMILES string of the molecule is Fc1ccc([C@]2(C(Cl)n3cncn3)O[C@H]2c2ccccc2Cl)cc1. The van der Waals surface area contributed by atoms with Crippen LogP contribution in [0.1, 0.15) is 22.7 Å². The molecule has 1 unspecified atom stereocenters. The van der Waals surface area contributed by atoms with Gasteiger partial charge in [0.1, 0.15) is 24.6 Å². The molecular formula is C17H12Cl2FN3O. The van der Waals surface area contributed by atoms with Crippen LogP contribution in [0.25, 0.3) is 0 Å². The lowest BCUT2D eigenvalue weighted by atomic mass is 9.91. The van der Waals surface area contributed by atoms with Gasteiger partial charge in [-0.2, -0.15) is 5.10 Å². The molecule has 2 heterocycles. The fourth-order valence-corrected chi connectivity index (χ4v) is 3.55. The second kappa shape index (κ2) is 5.84. The van der Waals surface area contributed by atoms with Crippen LogP contribution in [-0.4, -0.2) is 14.8 Å². The van der Waals surface area contributed by atoms with E-state index in [1.165, 1.54) is 29.5 Å². The van der Waals surface area contributed by atoms with Crippen LogP contribution >= 0.6 is 23.2 Å². The van der Waals surface area contributed by atoms with Gasteiger partial charge in [0.05, 0.1) is 0 Å². The van der Waals surface area contributed by atoms with Gasteiger partial charge in [-0.25, -0.2) is 14.1 Å². The van der Waals surface area contributed by atoms with Crippen molar-refractivity contribution in [1.82, 2.24) is 14.8 Å². The van der Waals surface area contributed by atoms with Crippen LogP contribution in [0.4, 0.5) is 4.39 Å². The van der Waals surface area contributed by atoms with Crippen molar-refractivity contribution in [3.05, 3.63) is 83.2 Å². The van der Waals surface area contributed by atoms with Gasteiger partial charge in [0.25, 0.3) is 0 Å². The van der Waals surface area contributed by atoms with E-state index in [1.54, 1.807) is 18.2 Å². The first-order chi connectivity index (χ1) is 11.6. The first kappa shape index (κ1) is 15.6. The highest BCUT2D eigenvalue weighted by Gasteiger charge is 2.64. The van der Waals surface area contributed by atoms with E-state index in [9.17, 15) is 4.39 Å². The molecule has 1 aromatic heterocycles. The van der Waals surface area contributed by atoms with Crippen LogP contribution in [0, 0.1) is 5.82 Å². The Bertz CT molecular complexity index is 857. The van der Waals surface area contributed by atoms with Crippen molar-refractivity contribution in [3.8, 4) is 0 Å². The molecule has 7 heteroatoms. The van der Waals surface area contributed by atoms with E-state index in [0.29, 0.717) is 5.02 Å². The number of hydrogen-bond acceptors (Lipinski definition) is 3. The topological polar surface area (TPSA) is 43.2 Å². The Labute approximate surface area is 147 Å². The number of epoxide rings is 1. The Kier molecular flexibility index (Phi) is 3.79. The number of halogens is 3. The Hall–Kier alpha value is -1.95. The summed E-state index contributed by atoms with van der Waals surface area (Å²) in [4.78, 5) is 3.93. The van der Waals surface area contributed by atoms with Crippen molar-refractivity contribution >= 4 is 23.2 Å². The lowest BCUT2D eigenvalue weighted by Gasteiger charge is -2.20. The van der Waals surface area contributed by atoms with Crippen LogP contribution < -0.4 is 0 Å². The molecule has 0 aliphatic carbocycles. The number of alkyl halides is 1. The van der Waals surface area contributed by atoms with Crippen LogP contribution in [0.3, 0.4) is 0 Å². The maximum absolute atomic E-state index is 13.3. The molecule has 2 aromatic carbocycles. The largest absolute Gasteiger partial charge is 0.352 e. The van der Waals surface area contributed by atoms with Crippen LogP contribution in [-0.2, 0) is 10.3 Å². The van der Waals surface area contributed by atoms with Gasteiger partial charge in [0.15, 0.2) is 11.1 Å². The summed E-state index contributed by atoms with van der Waals surface area (Å²) in [5.41, 5.74) is 0.0267. The van der Waals surface area contributed by atoms with Crippen molar-refractivity contribution in [2.45, 2.75) is 17.2 Å². The minimum atomic E-state index is -0.895. The average molecular weight is 364 g/mol. The molecule has 0 saturated carbocycles. The molecule has 0 bridgehead atoms. The van der Waals surface area contributed by atoms with Crippen LogP contribution in [0.2, 0.25) is 5.02 Å². The standard InChI is InChI=1S/C17H12Cl2FN3O/c18-14-4-2-1-3-13(14)15-17(24-15,11-5-7-12(20)8-6-11)16(19)23-10-21-9-22-23/h1-10,15-16H/t15-,16?,17-/m0/s1. The summed E-state index contributed by atoms with van der Waals surface area (Å²) < 4.78 is 20.9. The predicted octanol–water partition coefficient (Wildman–Crippen LogP) is 4.48. The normalized spacial score (nSPS) is 23.9. The molecule has 4 rings (SSSR count). The Morgan fingerprint density at radius 1 is 1.17 bits per heavy atom. The first-order valence-electron chi connectivity index (χ1n) is 7.29. The second-order valence-corrected chi connectivity index (χ2v) is 6.35. The fourth-order valence-electron chi connectivity index (χ4n) is 2.92. The Morgan fingerprint density at radius 2 is 1.92 bits per heavy atom. The van der Waals surface area contributed by atoms with E-state index < -0.39 is 11.1 Å². The first-order valence-corrected chi connectivity index (χ1v) is 8.11. The molecular weight excluding hydrogens is 352 g/mol. The summed E-state index contributed by atoms with van der Waals surface area (Å²) in [6, 6.07) is 13.5. The highest BCUT2D eigenvalue weighted by molar-refractivity contribution is 6.31. The van der Waals surface area contributed by atoms with Gasteiger partial charge in [0, 0.05) is 10.6 Å². The zero-order valence-electron chi connectivity index (χ0n) is 12.3. The average Bonchev–Trinajstić information content (AvgIpc) is 3.09. The molecule has 0 spiro atoms. The fraction of sp³-hybridized carbons (Fsp3) is 0.176. The van der Waals surface area contributed by atoms with E-state index in [0.717, 1.165) is 11.1 Å². The third kappa shape index (κ3) is 2.40. The predicted molar refractivity (Wildman–Crippen MR) is 88.3 cm³/mol. The maximum Gasteiger partial charge on any atom is 0.163 e. The molecule has 24 heavy (non-hydrogen) atoms. The molecule has 3 atom stereocenters. The zero-order valence-corrected chi connectivity index (χ0v) is 13.8. The lowest BCUT2D eigenvalue weighted by molar-refractivity contribution is 0.253. The number of benzene rings is 2. The molecule has 1 aliphatic rings. The second-order valence-electron chi connectivity index (χ2n) is 5.53. The van der Waals surface area contributed by atoms with E-state index in [-0.39, 0.29) is 11.9 Å². The van der Waals surface area contributed by atoms with Gasteiger partial charge in [-0.1, -0.05) is 53.5 Å². The van der Waals surface area contributed by atoms with Gasteiger partial charge >= 0.3 is 0 Å². The summed E-state index contributed by atoms with van der Waals surface area (Å²) >= 11 is 13.0. The highest BCUT2D eigenvalue weighted by atomic mass is 35.5. The number of nitrogens with zero attached hydrogens (tertiary/aromatic N) is 3. The molecule has 0 radical (unpaired) electrons. The quantitative estimate of drug-likeness (QED) is 0.507. The Morgan fingerprint density at radius 3 is 2.58 bits per heavy atom. The molecule has 1 fully saturated rings. The molecule has 1 saturated heterocycles. The lowest BCUT2D eigenvalue weighted by Crippen LogP contribution is -2.23. The van der Waals surface area contributed by atoms with Gasteiger partial charge in [-0.15, -0.1) is 0 Å². The molecule has 4 nitrogen and oxygen atoms in total. The zero-order chi connectivity index (χ0) is 16.7. The molecule has 0 amide bonds. The molecule has 0 N–H and O–H groups in total. The summed E-state index contributed by atoms with van der Waals surface area (Å²) in [5, 5.41) is 4.69. The number of aromatic nitrogens is 3. The van der Waals surface area contributed by atoms with Gasteiger partial charge < -0.3 is 4.74 Å². The smallest absolute Gasteiger partial charge is 0.163 e. The minimum absolute atomic E-state index is 0.323. The van der Waals surface area contributed by atoms with Gasteiger partial charge in [0.2, 0.25) is 0 Å². The summed E-state index contributed by atoms with van der Waals surface area (Å²) in [6.45, 7) is 0. The van der Waals surface area contributed by atoms with Crippen LogP contribution in [0.5, 0.6) is 0 Å². The van der Waals surface area contributed by atoms with Crippen LogP contribution in [0.15, 0.2) is 61.2 Å². The van der Waals surface area contributed by atoms with Crippen molar-refractivity contribution < 1.29 is 9.13 Å². The summed E-state index contributed by atoms with van der Waals surface area (Å²) in [5.74, 6) is -0.323. The van der Waals surface area contributed by atoms with E-state index >= 15 is 0 Å². The third-order valence-electron chi connectivity index (χ3n) is 4.15. The number of hydrogen-bond donors (Lipinski definition) is 0. The number of rotatable bonds is 4.